The van der Waals surface area contributed by atoms with E-state index in [1.807, 2.05) is 4.57 Å². The predicted octanol–water partition coefficient (Wildman–Crippen LogP) is 0.593. The summed E-state index contributed by atoms with van der Waals surface area (Å²) in [6.07, 6.45) is 2.28. The van der Waals surface area contributed by atoms with E-state index in [-0.39, 0.29) is 28.6 Å². The lowest BCUT2D eigenvalue weighted by molar-refractivity contribution is -0.119. The first-order chi connectivity index (χ1) is 10.4. The van der Waals surface area contributed by atoms with Crippen LogP contribution in [0.3, 0.4) is 0 Å². The summed E-state index contributed by atoms with van der Waals surface area (Å²) in [6.45, 7) is 6.00. The minimum Gasteiger partial charge on any atom is -0.358 e. The molecule has 2 heterocycles. The summed E-state index contributed by atoms with van der Waals surface area (Å²) in [7, 11) is -1.40. The lowest BCUT2D eigenvalue weighted by Crippen LogP contribution is -2.27. The Labute approximate surface area is 134 Å². The van der Waals surface area contributed by atoms with Crippen LogP contribution in [0.5, 0.6) is 0 Å². The minimum absolute atomic E-state index is 0.0943. The second-order valence-electron chi connectivity index (χ2n) is 5.21. The maximum Gasteiger partial charge on any atom is 0.233 e. The van der Waals surface area contributed by atoms with Gasteiger partial charge in [-0.15, -0.1) is 16.8 Å². The number of rotatable bonds is 6. The third-order valence-electron chi connectivity index (χ3n) is 3.55. The normalized spacial score (nSPS) is 21.5. The van der Waals surface area contributed by atoms with Gasteiger partial charge in [0, 0.05) is 19.5 Å². The van der Waals surface area contributed by atoms with E-state index in [2.05, 4.69) is 22.1 Å². The van der Waals surface area contributed by atoms with E-state index in [4.69, 9.17) is 0 Å². The van der Waals surface area contributed by atoms with E-state index in [0.717, 1.165) is 0 Å². The average Bonchev–Trinajstić information content (AvgIpc) is 3.02. The zero-order valence-corrected chi connectivity index (χ0v) is 14.3. The van der Waals surface area contributed by atoms with Crippen molar-refractivity contribution < 1.29 is 13.2 Å². The third kappa shape index (κ3) is 3.70. The standard InChI is InChI=1S/C13H20N4O3S2/c1-4-6-17-11(10-5-7-22(19,20)8-10)15-16-13(17)21-9(2)12(18)14-3/h4,9-10H,1,5-8H2,2-3H3,(H,14,18)/t9-,10+/m1/s1. The van der Waals surface area contributed by atoms with E-state index >= 15 is 0 Å². The van der Waals surface area contributed by atoms with Crippen LogP contribution >= 0.6 is 11.8 Å². The topological polar surface area (TPSA) is 93.9 Å². The molecule has 1 aromatic rings. The van der Waals surface area contributed by atoms with E-state index in [1.165, 1.54) is 11.8 Å². The molecule has 1 amide bonds. The van der Waals surface area contributed by atoms with Crippen LogP contribution < -0.4 is 5.32 Å². The van der Waals surface area contributed by atoms with E-state index in [0.29, 0.717) is 23.9 Å². The molecule has 0 unspecified atom stereocenters. The zero-order valence-electron chi connectivity index (χ0n) is 12.7. The summed E-state index contributed by atoms with van der Waals surface area (Å²) in [5.41, 5.74) is 0. The molecule has 7 nitrogen and oxygen atoms in total. The Kier molecular flexibility index (Phi) is 5.28. The Bertz CT molecular complexity index is 669. The molecule has 1 saturated heterocycles. The Morgan fingerprint density at radius 3 is 2.86 bits per heavy atom. The maximum absolute atomic E-state index is 11.7. The van der Waals surface area contributed by atoms with Gasteiger partial charge >= 0.3 is 0 Å². The van der Waals surface area contributed by atoms with Gasteiger partial charge in [0.05, 0.1) is 16.8 Å². The number of carbonyl (C=O) groups excluding carboxylic acids is 1. The van der Waals surface area contributed by atoms with Crippen LogP contribution in [0.2, 0.25) is 0 Å². The van der Waals surface area contributed by atoms with Crippen LogP contribution in [-0.2, 0) is 21.2 Å². The molecule has 1 N–H and O–H groups in total. The summed E-state index contributed by atoms with van der Waals surface area (Å²) >= 11 is 1.30. The third-order valence-corrected chi connectivity index (χ3v) is 6.40. The highest BCUT2D eigenvalue weighted by Crippen LogP contribution is 2.31. The molecule has 22 heavy (non-hydrogen) atoms. The molecule has 2 atom stereocenters. The van der Waals surface area contributed by atoms with Gasteiger partial charge in [-0.25, -0.2) is 8.42 Å². The lowest BCUT2D eigenvalue weighted by Gasteiger charge is -2.13. The molecule has 2 rings (SSSR count). The largest absolute Gasteiger partial charge is 0.358 e. The lowest BCUT2D eigenvalue weighted by atomic mass is 10.1. The highest BCUT2D eigenvalue weighted by atomic mass is 32.2. The van der Waals surface area contributed by atoms with Crippen LogP contribution in [0.1, 0.15) is 25.1 Å². The molecule has 122 valence electrons. The molecule has 1 aromatic heterocycles. The van der Waals surface area contributed by atoms with E-state index < -0.39 is 9.84 Å². The van der Waals surface area contributed by atoms with E-state index in [9.17, 15) is 13.2 Å². The first kappa shape index (κ1) is 17.0. The Balaban J connectivity index is 2.25. The molecular formula is C13H20N4O3S2. The SMILES string of the molecule is C=CCn1c(S[C@H](C)C(=O)NC)nnc1[C@H]1CCS(=O)(=O)C1. The molecule has 0 spiro atoms. The van der Waals surface area contributed by atoms with Gasteiger partial charge in [-0.3, -0.25) is 4.79 Å². The molecule has 1 fully saturated rings. The molecular weight excluding hydrogens is 324 g/mol. The van der Waals surface area contributed by atoms with Gasteiger partial charge in [0.1, 0.15) is 5.82 Å². The smallest absolute Gasteiger partial charge is 0.233 e. The van der Waals surface area contributed by atoms with Crippen molar-refractivity contribution >= 4 is 27.5 Å². The van der Waals surface area contributed by atoms with Crippen LogP contribution in [-0.4, -0.2) is 52.9 Å². The van der Waals surface area contributed by atoms with Crippen LogP contribution in [0.4, 0.5) is 0 Å². The number of nitrogens with one attached hydrogen (secondary N) is 1. The van der Waals surface area contributed by atoms with E-state index in [1.54, 1.807) is 20.0 Å². The fourth-order valence-electron chi connectivity index (χ4n) is 2.40. The van der Waals surface area contributed by atoms with Gasteiger partial charge in [-0.1, -0.05) is 17.8 Å². The maximum atomic E-state index is 11.7. The Hall–Kier alpha value is -1.35. The zero-order chi connectivity index (χ0) is 16.3. The number of aromatic nitrogens is 3. The molecule has 1 aliphatic heterocycles. The number of hydrogen-bond donors (Lipinski definition) is 1. The molecule has 1 aliphatic rings. The van der Waals surface area contributed by atoms with Gasteiger partial charge in [0.25, 0.3) is 0 Å². The molecule has 9 heteroatoms. The van der Waals surface area contributed by atoms with Gasteiger partial charge in [-0.2, -0.15) is 0 Å². The van der Waals surface area contributed by atoms with Crippen molar-refractivity contribution in [2.24, 2.45) is 0 Å². The molecule has 0 radical (unpaired) electrons. The number of hydrogen-bond acceptors (Lipinski definition) is 6. The number of sulfone groups is 1. The Morgan fingerprint density at radius 1 is 1.59 bits per heavy atom. The summed E-state index contributed by atoms with van der Waals surface area (Å²) < 4.78 is 25.2. The van der Waals surface area contributed by atoms with Crippen LogP contribution in [0.25, 0.3) is 0 Å². The van der Waals surface area contributed by atoms with Gasteiger partial charge in [0.15, 0.2) is 15.0 Å². The van der Waals surface area contributed by atoms with Crippen molar-refractivity contribution in [3.63, 3.8) is 0 Å². The van der Waals surface area contributed by atoms with Crippen molar-refractivity contribution in [1.29, 1.82) is 0 Å². The first-order valence-electron chi connectivity index (χ1n) is 7.00. The molecule has 0 bridgehead atoms. The van der Waals surface area contributed by atoms with Gasteiger partial charge in [0.2, 0.25) is 5.91 Å². The second-order valence-corrected chi connectivity index (χ2v) is 8.75. The van der Waals surface area contributed by atoms with Gasteiger partial charge < -0.3 is 9.88 Å². The summed E-state index contributed by atoms with van der Waals surface area (Å²) in [5, 5.41) is 11.2. The molecule has 0 saturated carbocycles. The highest BCUT2D eigenvalue weighted by molar-refractivity contribution is 8.00. The summed E-state index contributed by atoms with van der Waals surface area (Å²) in [4.78, 5) is 11.6. The minimum atomic E-state index is -2.98. The van der Waals surface area contributed by atoms with Crippen LogP contribution in [0.15, 0.2) is 17.8 Å². The van der Waals surface area contributed by atoms with Crippen molar-refractivity contribution in [1.82, 2.24) is 20.1 Å². The monoisotopic (exact) mass is 344 g/mol. The second kappa shape index (κ2) is 6.82. The van der Waals surface area contributed by atoms with Crippen molar-refractivity contribution in [2.45, 2.75) is 36.2 Å². The average molecular weight is 344 g/mol. The predicted molar refractivity (Wildman–Crippen MR) is 85.6 cm³/mol. The summed E-state index contributed by atoms with van der Waals surface area (Å²) in [6, 6.07) is 0. The quantitative estimate of drug-likeness (QED) is 0.600. The number of thioether (sulfide) groups is 1. The van der Waals surface area contributed by atoms with Crippen LogP contribution in [0, 0.1) is 0 Å². The summed E-state index contributed by atoms with van der Waals surface area (Å²) in [5.74, 6) is 0.728. The Morgan fingerprint density at radius 2 is 2.32 bits per heavy atom. The number of amides is 1. The molecule has 0 aliphatic carbocycles. The number of nitrogens with zero attached hydrogens (tertiary/aromatic N) is 3. The molecule has 0 aromatic carbocycles. The van der Waals surface area contributed by atoms with Crippen molar-refractivity contribution in [3.05, 3.63) is 18.5 Å². The first-order valence-corrected chi connectivity index (χ1v) is 9.70. The highest BCUT2D eigenvalue weighted by Gasteiger charge is 2.33. The fraction of sp³-hybridized carbons (Fsp3) is 0.615. The fourth-order valence-corrected chi connectivity index (χ4v) is 5.07. The number of carbonyl (C=O) groups is 1. The van der Waals surface area contributed by atoms with Gasteiger partial charge in [-0.05, 0) is 13.3 Å². The number of allylic oxidation sites excluding steroid dienone is 1. The van der Waals surface area contributed by atoms with Crippen molar-refractivity contribution in [3.8, 4) is 0 Å². The van der Waals surface area contributed by atoms with Crippen molar-refractivity contribution in [2.75, 3.05) is 18.6 Å².